The third-order valence-electron chi connectivity index (χ3n) is 6.33. The summed E-state index contributed by atoms with van der Waals surface area (Å²) in [6.45, 7) is 2.67. The van der Waals surface area contributed by atoms with Gasteiger partial charge in [-0.3, -0.25) is 9.59 Å². The standard InChI is InChI=1S/C28H31ClN2O3S/c1-31-14-11-22-8-7-21(17-23(22)12-15-31)18-25(32)24(30-28(33)26-9-10-27(29)35-26)19-34-16-13-20-5-3-2-4-6-20/h2-10,17,24H,11-16,18-19H2,1H3,(H,30,33). The number of benzene rings is 2. The Labute approximate surface area is 216 Å². The lowest BCUT2D eigenvalue weighted by Gasteiger charge is -2.18. The maximum Gasteiger partial charge on any atom is 0.262 e. The Morgan fingerprint density at radius 2 is 1.80 bits per heavy atom. The summed E-state index contributed by atoms with van der Waals surface area (Å²) in [6.07, 6.45) is 3.00. The number of amides is 1. The molecule has 0 saturated heterocycles. The predicted octanol–water partition coefficient (Wildman–Crippen LogP) is 4.60. The van der Waals surface area contributed by atoms with E-state index in [1.165, 1.54) is 28.0 Å². The van der Waals surface area contributed by atoms with Crippen LogP contribution in [0.2, 0.25) is 4.34 Å². The monoisotopic (exact) mass is 510 g/mol. The number of fused-ring (bicyclic) bond motifs is 1. The number of carbonyl (C=O) groups excluding carboxylic acids is 2. The molecule has 1 aliphatic heterocycles. The molecule has 1 atom stereocenters. The first kappa shape index (κ1) is 25.6. The molecular weight excluding hydrogens is 480 g/mol. The van der Waals surface area contributed by atoms with E-state index in [2.05, 4.69) is 29.4 Å². The van der Waals surface area contributed by atoms with Crippen molar-refractivity contribution in [3.63, 3.8) is 0 Å². The van der Waals surface area contributed by atoms with Gasteiger partial charge >= 0.3 is 0 Å². The van der Waals surface area contributed by atoms with E-state index in [-0.39, 0.29) is 24.7 Å². The number of rotatable bonds is 10. The smallest absolute Gasteiger partial charge is 0.262 e. The largest absolute Gasteiger partial charge is 0.378 e. The average molecular weight is 511 g/mol. The number of ether oxygens (including phenoxy) is 1. The summed E-state index contributed by atoms with van der Waals surface area (Å²) < 4.78 is 6.39. The van der Waals surface area contributed by atoms with Crippen LogP contribution >= 0.6 is 22.9 Å². The minimum absolute atomic E-state index is 0.0635. The number of hydrogen-bond acceptors (Lipinski definition) is 5. The molecule has 0 radical (unpaired) electrons. The second-order valence-corrected chi connectivity index (χ2v) is 10.7. The normalized spacial score (nSPS) is 14.7. The van der Waals surface area contributed by atoms with Gasteiger partial charge in [0.2, 0.25) is 0 Å². The second-order valence-electron chi connectivity index (χ2n) is 8.99. The third kappa shape index (κ3) is 7.48. The predicted molar refractivity (Wildman–Crippen MR) is 142 cm³/mol. The number of nitrogens with one attached hydrogen (secondary N) is 1. The van der Waals surface area contributed by atoms with Crippen LogP contribution in [-0.2, 0) is 35.2 Å². The summed E-state index contributed by atoms with van der Waals surface area (Å²) >= 11 is 7.19. The van der Waals surface area contributed by atoms with Gasteiger partial charge in [-0.05, 0) is 60.7 Å². The minimum Gasteiger partial charge on any atom is -0.378 e. The van der Waals surface area contributed by atoms with E-state index < -0.39 is 6.04 Å². The molecule has 0 saturated carbocycles. The van der Waals surface area contributed by atoms with Crippen LogP contribution in [0.4, 0.5) is 0 Å². The molecular formula is C28H31ClN2O3S. The zero-order chi connectivity index (χ0) is 24.6. The number of likely N-dealkylation sites (N-methyl/N-ethyl adjacent to an activating group) is 1. The van der Waals surface area contributed by atoms with Crippen LogP contribution in [0.3, 0.4) is 0 Å². The minimum atomic E-state index is -0.732. The van der Waals surface area contributed by atoms with Crippen molar-refractivity contribution in [1.82, 2.24) is 10.2 Å². The summed E-state index contributed by atoms with van der Waals surface area (Å²) in [7, 11) is 2.14. The molecule has 0 fully saturated rings. The Balaban J connectivity index is 1.41. The van der Waals surface area contributed by atoms with Crippen molar-refractivity contribution in [3.05, 3.63) is 92.1 Å². The van der Waals surface area contributed by atoms with Crippen molar-refractivity contribution in [2.45, 2.75) is 31.7 Å². The molecule has 1 unspecified atom stereocenters. The molecule has 5 nitrogen and oxygen atoms in total. The van der Waals surface area contributed by atoms with E-state index in [0.29, 0.717) is 15.8 Å². The SMILES string of the molecule is CN1CCc2ccc(CC(=O)C(COCCc3ccccc3)NC(=O)c3ccc(Cl)s3)cc2CC1. The van der Waals surface area contributed by atoms with Crippen LogP contribution in [0, 0.1) is 0 Å². The number of Topliss-reactive ketones (excluding diaryl/α,β-unsaturated/α-hetero) is 1. The van der Waals surface area contributed by atoms with Crippen LogP contribution in [-0.4, -0.2) is 56.0 Å². The van der Waals surface area contributed by atoms with Crippen molar-refractivity contribution < 1.29 is 14.3 Å². The highest BCUT2D eigenvalue weighted by molar-refractivity contribution is 7.18. The molecule has 4 rings (SSSR count). The van der Waals surface area contributed by atoms with Crippen molar-refractivity contribution >= 4 is 34.6 Å². The first-order valence-corrected chi connectivity index (χ1v) is 13.2. The van der Waals surface area contributed by atoms with E-state index in [0.717, 1.165) is 37.9 Å². The summed E-state index contributed by atoms with van der Waals surface area (Å²) in [6, 6.07) is 19.0. The first-order valence-electron chi connectivity index (χ1n) is 12.0. The molecule has 35 heavy (non-hydrogen) atoms. The Kier molecular flexibility index (Phi) is 9.10. The van der Waals surface area contributed by atoms with Gasteiger partial charge in [0.05, 0.1) is 22.4 Å². The van der Waals surface area contributed by atoms with Crippen molar-refractivity contribution in [1.29, 1.82) is 0 Å². The Morgan fingerprint density at radius 1 is 1.03 bits per heavy atom. The van der Waals surface area contributed by atoms with Crippen molar-refractivity contribution in [2.24, 2.45) is 0 Å². The molecule has 0 aliphatic carbocycles. The fourth-order valence-electron chi connectivity index (χ4n) is 4.24. The summed E-state index contributed by atoms with van der Waals surface area (Å²) in [4.78, 5) is 28.9. The number of thiophene rings is 1. The Hall–Kier alpha value is -2.51. The average Bonchev–Trinajstić information content (AvgIpc) is 3.22. The maximum atomic E-state index is 13.3. The molecule has 2 heterocycles. The Bertz CT molecular complexity index is 1150. The number of ketones is 1. The van der Waals surface area contributed by atoms with Gasteiger partial charge in [-0.15, -0.1) is 11.3 Å². The van der Waals surface area contributed by atoms with Crippen LogP contribution in [0.1, 0.15) is 31.9 Å². The lowest BCUT2D eigenvalue weighted by atomic mass is 9.96. The molecule has 2 aromatic carbocycles. The quantitative estimate of drug-likeness (QED) is 0.405. The van der Waals surface area contributed by atoms with Gasteiger partial charge in [-0.25, -0.2) is 0 Å². The van der Waals surface area contributed by atoms with E-state index in [1.807, 2.05) is 36.4 Å². The summed E-state index contributed by atoms with van der Waals surface area (Å²) in [5, 5.41) is 2.88. The fraction of sp³-hybridized carbons (Fsp3) is 0.357. The molecule has 0 bridgehead atoms. The molecule has 3 aromatic rings. The van der Waals surface area contributed by atoms with Gasteiger partial charge < -0.3 is 15.0 Å². The maximum absolute atomic E-state index is 13.3. The summed E-state index contributed by atoms with van der Waals surface area (Å²) in [5.74, 6) is -0.372. The summed E-state index contributed by atoms with van der Waals surface area (Å²) in [5.41, 5.74) is 4.81. The van der Waals surface area contributed by atoms with Gasteiger partial charge in [0.15, 0.2) is 5.78 Å². The van der Waals surface area contributed by atoms with Gasteiger partial charge in [-0.1, -0.05) is 60.1 Å². The molecule has 0 spiro atoms. The van der Waals surface area contributed by atoms with Crippen LogP contribution in [0.5, 0.6) is 0 Å². The van der Waals surface area contributed by atoms with E-state index in [1.54, 1.807) is 12.1 Å². The highest BCUT2D eigenvalue weighted by atomic mass is 35.5. The number of nitrogens with zero attached hydrogens (tertiary/aromatic N) is 1. The lowest BCUT2D eigenvalue weighted by Crippen LogP contribution is -2.44. The van der Waals surface area contributed by atoms with Gasteiger partial charge in [-0.2, -0.15) is 0 Å². The third-order valence-corrected chi connectivity index (χ3v) is 7.56. The van der Waals surface area contributed by atoms with Crippen LogP contribution in [0.25, 0.3) is 0 Å². The van der Waals surface area contributed by atoms with Gasteiger partial charge in [0.1, 0.15) is 6.04 Å². The van der Waals surface area contributed by atoms with E-state index >= 15 is 0 Å². The topological polar surface area (TPSA) is 58.6 Å². The van der Waals surface area contributed by atoms with Crippen molar-refractivity contribution in [2.75, 3.05) is 33.4 Å². The lowest BCUT2D eigenvalue weighted by molar-refractivity contribution is -0.121. The molecule has 1 N–H and O–H groups in total. The molecule has 184 valence electrons. The zero-order valence-electron chi connectivity index (χ0n) is 20.0. The van der Waals surface area contributed by atoms with Crippen LogP contribution < -0.4 is 5.32 Å². The number of halogens is 1. The molecule has 1 aliphatic rings. The molecule has 1 amide bonds. The molecule has 7 heteroatoms. The fourth-order valence-corrected chi connectivity index (χ4v) is 5.19. The highest BCUT2D eigenvalue weighted by Crippen LogP contribution is 2.22. The number of hydrogen-bond donors (Lipinski definition) is 1. The second kappa shape index (κ2) is 12.5. The van der Waals surface area contributed by atoms with Gasteiger partial charge in [0.25, 0.3) is 5.91 Å². The highest BCUT2D eigenvalue weighted by Gasteiger charge is 2.23. The van der Waals surface area contributed by atoms with Gasteiger partial charge in [0, 0.05) is 19.5 Å². The first-order chi connectivity index (χ1) is 17.0. The van der Waals surface area contributed by atoms with E-state index in [9.17, 15) is 9.59 Å². The molecule has 1 aromatic heterocycles. The zero-order valence-corrected chi connectivity index (χ0v) is 21.5. The Morgan fingerprint density at radius 3 is 2.54 bits per heavy atom. The van der Waals surface area contributed by atoms with E-state index in [4.69, 9.17) is 16.3 Å². The number of carbonyl (C=O) groups is 2. The van der Waals surface area contributed by atoms with Crippen LogP contribution in [0.15, 0.2) is 60.7 Å². The van der Waals surface area contributed by atoms with Crippen molar-refractivity contribution in [3.8, 4) is 0 Å².